The number of aliphatic imine (C=N–C) groups is 1. The second-order valence-corrected chi connectivity index (χ2v) is 8.86. The van der Waals surface area contributed by atoms with E-state index in [9.17, 15) is 0 Å². The molecule has 1 aliphatic rings. The van der Waals surface area contributed by atoms with Crippen molar-refractivity contribution in [3.63, 3.8) is 0 Å². The van der Waals surface area contributed by atoms with E-state index in [0.29, 0.717) is 17.1 Å². The molecule has 0 fully saturated rings. The summed E-state index contributed by atoms with van der Waals surface area (Å²) in [5.74, 6) is -2.87. The van der Waals surface area contributed by atoms with Crippen LogP contribution in [0.3, 0.4) is 0 Å². The molecule has 1 atom stereocenters. The van der Waals surface area contributed by atoms with Crippen LogP contribution in [-0.4, -0.2) is 27.4 Å². The minimum Gasteiger partial charge on any atom is -0.496 e. The molecule has 1 aromatic carbocycles. The monoisotopic (exact) mass is 476 g/mol. The third-order valence-corrected chi connectivity index (χ3v) is 6.72. The maximum absolute atomic E-state index is 15.6. The quantitative estimate of drug-likeness (QED) is 0.352. The molecule has 0 N–H and O–H groups in total. The molecule has 5 nitrogen and oxygen atoms in total. The van der Waals surface area contributed by atoms with E-state index in [1.54, 1.807) is 14.2 Å². The van der Waals surface area contributed by atoms with Gasteiger partial charge in [0.25, 0.3) is 0 Å². The lowest BCUT2D eigenvalue weighted by atomic mass is 9.85. The number of hydrogen-bond donors (Lipinski definition) is 0. The van der Waals surface area contributed by atoms with E-state index in [1.165, 1.54) is 35.2 Å². The Hall–Kier alpha value is -3.61. The van der Waals surface area contributed by atoms with Crippen molar-refractivity contribution in [1.82, 2.24) is 14.5 Å². The van der Waals surface area contributed by atoms with E-state index in [4.69, 9.17) is 4.74 Å². The molecule has 0 radical (unpaired) electrons. The molecule has 0 saturated heterocycles. The van der Waals surface area contributed by atoms with Crippen molar-refractivity contribution in [2.24, 2.45) is 12.0 Å². The van der Waals surface area contributed by atoms with E-state index in [2.05, 4.69) is 41.5 Å². The van der Waals surface area contributed by atoms with Crippen molar-refractivity contribution in [2.75, 3.05) is 7.11 Å². The summed E-state index contributed by atoms with van der Waals surface area (Å²) in [5.41, 5.74) is 6.51. The number of benzene rings is 1. The van der Waals surface area contributed by atoms with Crippen LogP contribution < -0.4 is 4.74 Å². The number of alkyl halides is 2. The predicted octanol–water partition coefficient (Wildman–Crippen LogP) is 6.99. The number of rotatable bonds is 8. The van der Waals surface area contributed by atoms with Crippen molar-refractivity contribution < 1.29 is 13.5 Å². The third kappa shape index (κ3) is 3.99. The van der Waals surface area contributed by atoms with Crippen LogP contribution in [0.4, 0.5) is 8.78 Å². The second-order valence-electron chi connectivity index (χ2n) is 8.86. The smallest absolute Gasteiger partial charge is 0.331 e. The first-order chi connectivity index (χ1) is 16.6. The Balaban J connectivity index is 1.98. The topological polar surface area (TPSA) is 52.3 Å². The highest BCUT2D eigenvalue weighted by Gasteiger charge is 2.40. The Morgan fingerprint density at radius 2 is 1.97 bits per heavy atom. The average molecular weight is 477 g/mol. The zero-order valence-electron chi connectivity index (χ0n) is 21.0. The highest BCUT2D eigenvalue weighted by Crippen LogP contribution is 2.44. The number of allylic oxidation sites excluding steroid dienone is 2. The molecule has 35 heavy (non-hydrogen) atoms. The number of halogens is 2. The van der Waals surface area contributed by atoms with Gasteiger partial charge < -0.3 is 9.30 Å². The average Bonchev–Trinajstić information content (AvgIpc) is 3.20. The molecule has 7 heteroatoms. The van der Waals surface area contributed by atoms with Crippen molar-refractivity contribution in [3.8, 4) is 17.0 Å². The van der Waals surface area contributed by atoms with Crippen LogP contribution in [0.5, 0.6) is 5.75 Å². The van der Waals surface area contributed by atoms with Crippen LogP contribution in [0.2, 0.25) is 0 Å². The standard InChI is InChI=1S/C28H30F2N4O/c1-8-16(3)20-13-22(25-17(4)32-18(25)5)24(35-7)14-21(20)26-23(9-2)33-27(34(26)6)28(29,30)19-11-10-12-31-15-19/h9-16H,2,8H2,1,3-7H3. The van der Waals surface area contributed by atoms with E-state index >= 15 is 8.78 Å². The van der Waals surface area contributed by atoms with Gasteiger partial charge in [-0.1, -0.05) is 20.4 Å². The molecule has 0 amide bonds. The van der Waals surface area contributed by atoms with E-state index in [1.807, 2.05) is 19.9 Å². The number of imidazole rings is 1. The fraction of sp³-hybridized carbons (Fsp3) is 0.321. The van der Waals surface area contributed by atoms with Gasteiger partial charge in [-0.2, -0.15) is 8.78 Å². The lowest BCUT2D eigenvalue weighted by Crippen LogP contribution is -2.21. The summed E-state index contributed by atoms with van der Waals surface area (Å²) in [6, 6.07) is 6.89. The van der Waals surface area contributed by atoms with Gasteiger partial charge in [-0.15, -0.1) is 0 Å². The Morgan fingerprint density at radius 3 is 2.51 bits per heavy atom. The number of pyridine rings is 1. The summed E-state index contributed by atoms with van der Waals surface area (Å²) in [6.07, 6.45) is 5.04. The van der Waals surface area contributed by atoms with Crippen LogP contribution in [0.15, 0.2) is 53.9 Å². The first kappa shape index (κ1) is 24.5. The summed E-state index contributed by atoms with van der Waals surface area (Å²) >= 11 is 0. The van der Waals surface area contributed by atoms with Gasteiger partial charge >= 0.3 is 5.92 Å². The molecule has 0 bridgehead atoms. The van der Waals surface area contributed by atoms with Crippen molar-refractivity contribution in [3.05, 3.63) is 77.1 Å². The molecule has 182 valence electrons. The van der Waals surface area contributed by atoms with E-state index in [-0.39, 0.29) is 17.3 Å². The molecule has 1 aliphatic heterocycles. The Morgan fingerprint density at radius 1 is 1.23 bits per heavy atom. The first-order valence-electron chi connectivity index (χ1n) is 11.6. The van der Waals surface area contributed by atoms with E-state index < -0.39 is 5.92 Å². The zero-order valence-corrected chi connectivity index (χ0v) is 21.0. The van der Waals surface area contributed by atoms with Crippen LogP contribution in [-0.2, 0) is 13.0 Å². The van der Waals surface area contributed by atoms with Gasteiger partial charge in [0.05, 0.1) is 18.5 Å². The normalized spacial score (nSPS) is 14.5. The molecule has 0 spiro atoms. The van der Waals surface area contributed by atoms with Crippen LogP contribution in [0, 0.1) is 0 Å². The van der Waals surface area contributed by atoms with Gasteiger partial charge in [0, 0.05) is 53.1 Å². The van der Waals surface area contributed by atoms with Crippen molar-refractivity contribution in [1.29, 1.82) is 0 Å². The zero-order chi connectivity index (χ0) is 25.5. The number of hydrogen-bond acceptors (Lipinski definition) is 4. The molecule has 3 heterocycles. The number of methoxy groups -OCH3 is 1. The lowest BCUT2D eigenvalue weighted by molar-refractivity contribution is 0.0297. The molecule has 2 aromatic heterocycles. The molecule has 0 saturated carbocycles. The van der Waals surface area contributed by atoms with Gasteiger partial charge in [0.2, 0.25) is 0 Å². The third-order valence-electron chi connectivity index (χ3n) is 6.72. The van der Waals surface area contributed by atoms with E-state index in [0.717, 1.165) is 40.1 Å². The summed E-state index contributed by atoms with van der Waals surface area (Å²) in [5, 5.41) is 0. The summed E-state index contributed by atoms with van der Waals surface area (Å²) in [4.78, 5) is 12.7. The fourth-order valence-electron chi connectivity index (χ4n) is 4.69. The van der Waals surface area contributed by atoms with Gasteiger partial charge in [0.1, 0.15) is 5.75 Å². The van der Waals surface area contributed by atoms with Gasteiger partial charge in [-0.05, 0) is 62.1 Å². The number of aromatic nitrogens is 3. The Kier molecular flexibility index (Phi) is 6.45. The SMILES string of the molecule is C=Cc1nc(C(F)(F)c2cccnc2)n(C)c1-c1cc(OC)c(C2=C(C)N=C2C)cc1C(C)CC. The van der Waals surface area contributed by atoms with Crippen molar-refractivity contribution >= 4 is 17.4 Å². The highest BCUT2D eigenvalue weighted by molar-refractivity contribution is 6.29. The molecule has 3 aromatic rings. The lowest BCUT2D eigenvalue weighted by Gasteiger charge is -2.25. The van der Waals surface area contributed by atoms with Crippen LogP contribution in [0.25, 0.3) is 22.9 Å². The summed E-state index contributed by atoms with van der Waals surface area (Å²) in [6.45, 7) is 12.1. The molecular formula is C28H30F2N4O. The molecule has 4 rings (SSSR count). The maximum atomic E-state index is 15.6. The molecule has 0 aliphatic carbocycles. The Labute approximate surface area is 204 Å². The highest BCUT2D eigenvalue weighted by atomic mass is 19.3. The first-order valence-corrected chi connectivity index (χ1v) is 11.6. The van der Waals surface area contributed by atoms with Crippen molar-refractivity contribution in [2.45, 2.75) is 46.0 Å². The van der Waals surface area contributed by atoms with Gasteiger partial charge in [-0.25, -0.2) is 4.98 Å². The maximum Gasteiger partial charge on any atom is 0.331 e. The molecular weight excluding hydrogens is 446 g/mol. The minimum absolute atomic E-state index is 0.169. The number of nitrogens with zero attached hydrogens (tertiary/aromatic N) is 4. The predicted molar refractivity (Wildman–Crippen MR) is 137 cm³/mol. The second kappa shape index (κ2) is 9.21. The van der Waals surface area contributed by atoms with Crippen LogP contribution >= 0.6 is 0 Å². The Bertz CT molecular complexity index is 1350. The van der Waals surface area contributed by atoms with Crippen LogP contribution in [0.1, 0.15) is 68.2 Å². The number of ether oxygens (including phenoxy) is 1. The largest absolute Gasteiger partial charge is 0.496 e. The van der Waals surface area contributed by atoms with Gasteiger partial charge in [0.15, 0.2) is 5.82 Å². The summed E-state index contributed by atoms with van der Waals surface area (Å²) < 4.78 is 38.4. The molecule has 1 unspecified atom stereocenters. The fourth-order valence-corrected chi connectivity index (χ4v) is 4.69. The minimum atomic E-state index is -3.33. The van der Waals surface area contributed by atoms with Gasteiger partial charge in [-0.3, -0.25) is 9.98 Å². The summed E-state index contributed by atoms with van der Waals surface area (Å²) in [7, 11) is 3.23.